The van der Waals surface area contributed by atoms with Crippen LogP contribution in [0.5, 0.6) is 0 Å². The van der Waals surface area contributed by atoms with Gasteiger partial charge in [-0.25, -0.2) is 8.42 Å². The molecule has 9 heteroatoms. The molecule has 0 radical (unpaired) electrons. The molecular weight excluding hydrogens is 412 g/mol. The lowest BCUT2D eigenvalue weighted by molar-refractivity contribution is 0.180. The first kappa shape index (κ1) is 19.9. The van der Waals surface area contributed by atoms with Crippen LogP contribution in [0.4, 0.5) is 0 Å². The third-order valence-electron chi connectivity index (χ3n) is 5.97. The van der Waals surface area contributed by atoms with E-state index in [0.717, 1.165) is 17.6 Å². The molecule has 8 nitrogen and oxygen atoms in total. The molecule has 4 aromatic rings. The number of benzene rings is 1. The normalized spacial score (nSPS) is 16.2. The van der Waals surface area contributed by atoms with E-state index in [2.05, 4.69) is 44.1 Å². The van der Waals surface area contributed by atoms with Crippen LogP contribution in [0.3, 0.4) is 0 Å². The van der Waals surface area contributed by atoms with Gasteiger partial charge in [-0.15, -0.1) is 0 Å². The summed E-state index contributed by atoms with van der Waals surface area (Å²) in [7, 11) is -3.64. The van der Waals surface area contributed by atoms with Crippen molar-refractivity contribution in [1.29, 1.82) is 0 Å². The summed E-state index contributed by atoms with van der Waals surface area (Å²) in [6.45, 7) is 5.16. The second-order valence-corrected chi connectivity index (χ2v) is 9.71. The maximum atomic E-state index is 13.3. The number of aromatic amines is 2. The lowest BCUT2D eigenvalue weighted by Crippen LogP contribution is -2.48. The Balaban J connectivity index is 1.30. The topological polar surface area (TPSA) is 98.0 Å². The molecule has 0 atom stereocenters. The standard InChI is InChI=1S/C22H24N6O2S/c1-16-18-4-2-3-5-19(18)25-20(16)15-27-10-12-28(13-11-27)31(29,30)21-14-24-26-22(21)17-6-8-23-9-7-17/h2-9,14,25H,10-13,15H2,1H3,(H,24,26). The van der Waals surface area contributed by atoms with Gasteiger partial charge >= 0.3 is 0 Å². The fraction of sp³-hybridized carbons (Fsp3) is 0.273. The third kappa shape index (κ3) is 3.65. The predicted molar refractivity (Wildman–Crippen MR) is 119 cm³/mol. The quantitative estimate of drug-likeness (QED) is 0.501. The maximum absolute atomic E-state index is 13.3. The fourth-order valence-corrected chi connectivity index (χ4v) is 5.71. The highest BCUT2D eigenvalue weighted by molar-refractivity contribution is 7.89. The number of para-hydroxylation sites is 1. The van der Waals surface area contributed by atoms with Crippen molar-refractivity contribution in [2.75, 3.05) is 26.2 Å². The molecule has 5 rings (SSSR count). The minimum absolute atomic E-state index is 0.207. The maximum Gasteiger partial charge on any atom is 0.246 e. The van der Waals surface area contributed by atoms with Crippen molar-refractivity contribution < 1.29 is 8.42 Å². The van der Waals surface area contributed by atoms with E-state index in [1.807, 2.05) is 12.1 Å². The Morgan fingerprint density at radius 3 is 2.52 bits per heavy atom. The Morgan fingerprint density at radius 1 is 1.03 bits per heavy atom. The van der Waals surface area contributed by atoms with Gasteiger partial charge in [0.25, 0.3) is 0 Å². The summed E-state index contributed by atoms with van der Waals surface area (Å²) in [5.41, 5.74) is 4.83. The minimum atomic E-state index is -3.64. The summed E-state index contributed by atoms with van der Waals surface area (Å²) in [4.78, 5) is 10.0. The van der Waals surface area contributed by atoms with Crippen LogP contribution in [-0.4, -0.2) is 64.0 Å². The first-order valence-electron chi connectivity index (χ1n) is 10.3. The van der Waals surface area contributed by atoms with Crippen LogP contribution in [0.25, 0.3) is 22.2 Å². The van der Waals surface area contributed by atoms with Gasteiger partial charge in [-0.2, -0.15) is 9.40 Å². The monoisotopic (exact) mass is 436 g/mol. The number of nitrogens with zero attached hydrogens (tertiary/aromatic N) is 4. The van der Waals surface area contributed by atoms with Crippen LogP contribution < -0.4 is 0 Å². The molecule has 0 spiro atoms. The van der Waals surface area contributed by atoms with Crippen molar-refractivity contribution in [1.82, 2.24) is 29.4 Å². The van der Waals surface area contributed by atoms with Crippen molar-refractivity contribution in [3.63, 3.8) is 0 Å². The van der Waals surface area contributed by atoms with E-state index >= 15 is 0 Å². The Kier molecular flexibility index (Phi) is 5.09. The van der Waals surface area contributed by atoms with Crippen molar-refractivity contribution >= 4 is 20.9 Å². The van der Waals surface area contributed by atoms with E-state index in [1.54, 1.807) is 28.8 Å². The largest absolute Gasteiger partial charge is 0.357 e. The number of hydrogen-bond donors (Lipinski definition) is 2. The molecule has 1 aliphatic heterocycles. The third-order valence-corrected chi connectivity index (χ3v) is 7.88. The predicted octanol–water partition coefficient (Wildman–Crippen LogP) is 2.77. The van der Waals surface area contributed by atoms with Crippen LogP contribution >= 0.6 is 0 Å². The summed E-state index contributed by atoms with van der Waals surface area (Å²) in [5, 5.41) is 8.06. The molecule has 1 aromatic carbocycles. The van der Waals surface area contributed by atoms with Gasteiger partial charge in [-0.3, -0.25) is 15.0 Å². The highest BCUT2D eigenvalue weighted by Crippen LogP contribution is 2.28. The number of sulfonamides is 1. The van der Waals surface area contributed by atoms with Crippen molar-refractivity contribution in [3.05, 3.63) is 66.2 Å². The number of pyridine rings is 1. The molecule has 0 unspecified atom stereocenters. The summed E-state index contributed by atoms with van der Waals surface area (Å²) in [5.74, 6) is 0. The average Bonchev–Trinajstić information content (AvgIpc) is 3.41. The second-order valence-electron chi connectivity index (χ2n) is 7.80. The number of H-pyrrole nitrogens is 2. The average molecular weight is 437 g/mol. The van der Waals surface area contributed by atoms with Gasteiger partial charge in [0.1, 0.15) is 4.90 Å². The van der Waals surface area contributed by atoms with E-state index in [0.29, 0.717) is 31.9 Å². The number of aryl methyl sites for hydroxylation is 1. The number of fused-ring (bicyclic) bond motifs is 1. The fourth-order valence-electron chi connectivity index (χ4n) is 4.18. The molecule has 2 N–H and O–H groups in total. The molecule has 160 valence electrons. The van der Waals surface area contributed by atoms with Crippen molar-refractivity contribution in [2.24, 2.45) is 0 Å². The summed E-state index contributed by atoms with van der Waals surface area (Å²) < 4.78 is 28.2. The van der Waals surface area contributed by atoms with Gasteiger partial charge in [0.2, 0.25) is 10.0 Å². The first-order valence-corrected chi connectivity index (χ1v) is 11.7. The Bertz CT molecular complexity index is 1300. The molecule has 1 saturated heterocycles. The van der Waals surface area contributed by atoms with Crippen LogP contribution in [0.1, 0.15) is 11.3 Å². The van der Waals surface area contributed by atoms with Crippen LogP contribution in [0.15, 0.2) is 59.9 Å². The number of hydrogen-bond acceptors (Lipinski definition) is 5. The SMILES string of the molecule is Cc1c(CN2CCN(S(=O)(=O)c3cn[nH]c3-c3ccncc3)CC2)[nH]c2ccccc12. The van der Waals surface area contributed by atoms with E-state index in [9.17, 15) is 8.42 Å². The van der Waals surface area contributed by atoms with Crippen molar-refractivity contribution in [3.8, 4) is 11.3 Å². The highest BCUT2D eigenvalue weighted by Gasteiger charge is 2.32. The van der Waals surface area contributed by atoms with Gasteiger partial charge in [-0.05, 0) is 30.7 Å². The molecule has 0 aliphatic carbocycles. The van der Waals surface area contributed by atoms with Crippen molar-refractivity contribution in [2.45, 2.75) is 18.4 Å². The Hall–Kier alpha value is -3.01. The molecule has 0 saturated carbocycles. The lowest BCUT2D eigenvalue weighted by atomic mass is 10.1. The molecule has 4 heterocycles. The minimum Gasteiger partial charge on any atom is -0.357 e. The summed E-state index contributed by atoms with van der Waals surface area (Å²) >= 11 is 0. The second kappa shape index (κ2) is 7.92. The number of aromatic nitrogens is 4. The zero-order chi connectivity index (χ0) is 21.4. The molecule has 1 aliphatic rings. The van der Waals surface area contributed by atoms with Gasteiger partial charge in [0.05, 0.1) is 11.9 Å². The molecular formula is C22H24N6O2S. The molecule has 31 heavy (non-hydrogen) atoms. The lowest BCUT2D eigenvalue weighted by Gasteiger charge is -2.33. The van der Waals surface area contributed by atoms with Gasteiger partial charge < -0.3 is 4.98 Å². The Labute approximate surface area is 181 Å². The van der Waals surface area contributed by atoms with Gasteiger partial charge in [0.15, 0.2) is 0 Å². The van der Waals surface area contributed by atoms with Crippen LogP contribution in [0, 0.1) is 6.92 Å². The zero-order valence-corrected chi connectivity index (χ0v) is 18.1. The summed E-state index contributed by atoms with van der Waals surface area (Å²) in [6, 6.07) is 11.8. The van der Waals surface area contributed by atoms with Gasteiger partial charge in [-0.1, -0.05) is 18.2 Å². The van der Waals surface area contributed by atoms with Crippen LogP contribution in [0.2, 0.25) is 0 Å². The van der Waals surface area contributed by atoms with Gasteiger partial charge in [0, 0.05) is 67.3 Å². The number of piperazine rings is 1. The highest BCUT2D eigenvalue weighted by atomic mass is 32.2. The van der Waals surface area contributed by atoms with E-state index in [-0.39, 0.29) is 4.90 Å². The molecule has 0 amide bonds. The number of rotatable bonds is 5. The Morgan fingerprint density at radius 2 is 1.77 bits per heavy atom. The number of nitrogens with one attached hydrogen (secondary N) is 2. The smallest absolute Gasteiger partial charge is 0.246 e. The van der Waals surface area contributed by atoms with E-state index in [4.69, 9.17) is 0 Å². The summed E-state index contributed by atoms with van der Waals surface area (Å²) in [6.07, 6.45) is 4.67. The van der Waals surface area contributed by atoms with E-state index in [1.165, 1.54) is 22.8 Å². The zero-order valence-electron chi connectivity index (χ0n) is 17.2. The molecule has 0 bridgehead atoms. The first-order chi connectivity index (χ1) is 15.0. The van der Waals surface area contributed by atoms with Crippen LogP contribution in [-0.2, 0) is 16.6 Å². The molecule has 3 aromatic heterocycles. The molecule has 1 fully saturated rings. The van der Waals surface area contributed by atoms with E-state index < -0.39 is 10.0 Å².